The molecule has 0 radical (unpaired) electrons. The molecular weight excluding hydrogens is 398 g/mol. The largest absolute Gasteiger partial charge is 0.348 e. The summed E-state index contributed by atoms with van der Waals surface area (Å²) in [5, 5.41) is 9.90. The van der Waals surface area contributed by atoms with Crippen LogP contribution in [0, 0.1) is 0 Å². The minimum absolute atomic E-state index is 0.258. The maximum atomic E-state index is 12.4. The van der Waals surface area contributed by atoms with Gasteiger partial charge in [0.25, 0.3) is 0 Å². The minimum Gasteiger partial charge on any atom is -0.348 e. The fraction of sp³-hybridized carbons (Fsp3) is 0.348. The molecule has 0 bridgehead atoms. The Kier molecular flexibility index (Phi) is 8.20. The summed E-state index contributed by atoms with van der Waals surface area (Å²) >= 11 is 1.55. The van der Waals surface area contributed by atoms with E-state index in [1.807, 2.05) is 47.8 Å². The van der Waals surface area contributed by atoms with Gasteiger partial charge in [-0.05, 0) is 49.1 Å². The third-order valence-corrected chi connectivity index (χ3v) is 5.94. The van der Waals surface area contributed by atoms with Crippen LogP contribution in [-0.2, 0) is 14.4 Å². The third-order valence-electron chi connectivity index (χ3n) is 5.00. The molecule has 0 aliphatic heterocycles. The van der Waals surface area contributed by atoms with Gasteiger partial charge in [-0.1, -0.05) is 48.0 Å². The van der Waals surface area contributed by atoms with Crippen LogP contribution in [0.2, 0.25) is 0 Å². The Bertz CT molecular complexity index is 878. The molecule has 3 rings (SSSR count). The predicted octanol–water partition coefficient (Wildman–Crippen LogP) is 3.08. The second-order valence-electron chi connectivity index (χ2n) is 7.22. The first-order valence-corrected chi connectivity index (χ1v) is 11.1. The zero-order chi connectivity index (χ0) is 21.2. The quantitative estimate of drug-likeness (QED) is 0.449. The summed E-state index contributed by atoms with van der Waals surface area (Å²) in [6.07, 6.45) is 7.54. The number of nitrogens with one attached hydrogen (secondary N) is 3. The SMILES string of the molecule is O=C(CNC(=O)C(=O)NCCC1=CCCCC1)N[C@H](c1ccccc1)c1cccs1. The number of allylic oxidation sites excluding steroid dienone is 1. The fourth-order valence-electron chi connectivity index (χ4n) is 3.42. The summed E-state index contributed by atoms with van der Waals surface area (Å²) in [6.45, 7) is 0.171. The van der Waals surface area contributed by atoms with Crippen molar-refractivity contribution in [1.29, 1.82) is 0 Å². The first-order valence-electron chi connectivity index (χ1n) is 10.2. The van der Waals surface area contributed by atoms with Crippen molar-refractivity contribution in [2.24, 2.45) is 0 Å². The molecule has 3 N–H and O–H groups in total. The van der Waals surface area contributed by atoms with Crippen LogP contribution < -0.4 is 16.0 Å². The molecule has 1 aliphatic rings. The van der Waals surface area contributed by atoms with Gasteiger partial charge in [0.2, 0.25) is 5.91 Å². The van der Waals surface area contributed by atoms with E-state index >= 15 is 0 Å². The molecular formula is C23H27N3O3S. The van der Waals surface area contributed by atoms with Crippen LogP contribution in [0.4, 0.5) is 0 Å². The summed E-state index contributed by atoms with van der Waals surface area (Å²) in [4.78, 5) is 37.4. The molecule has 158 valence electrons. The molecule has 1 atom stereocenters. The van der Waals surface area contributed by atoms with E-state index in [9.17, 15) is 14.4 Å². The number of carbonyl (C=O) groups is 3. The van der Waals surface area contributed by atoms with E-state index in [-0.39, 0.29) is 18.5 Å². The Balaban J connectivity index is 1.45. The molecule has 0 saturated heterocycles. The average Bonchev–Trinajstić information content (AvgIpc) is 3.31. The maximum absolute atomic E-state index is 12.4. The summed E-state index contributed by atoms with van der Waals surface area (Å²) in [6, 6.07) is 13.2. The number of benzene rings is 1. The lowest BCUT2D eigenvalue weighted by atomic mass is 9.97. The Morgan fingerprint density at radius 1 is 0.967 bits per heavy atom. The number of carbonyl (C=O) groups excluding carboxylic acids is 3. The van der Waals surface area contributed by atoms with Gasteiger partial charge in [-0.15, -0.1) is 11.3 Å². The van der Waals surface area contributed by atoms with Gasteiger partial charge in [-0.25, -0.2) is 0 Å². The Hall–Kier alpha value is -2.93. The molecule has 1 aromatic heterocycles. The van der Waals surface area contributed by atoms with Crippen molar-refractivity contribution in [3.05, 3.63) is 69.9 Å². The van der Waals surface area contributed by atoms with E-state index in [2.05, 4.69) is 22.0 Å². The van der Waals surface area contributed by atoms with Crippen molar-refractivity contribution < 1.29 is 14.4 Å². The number of thiophene rings is 1. The molecule has 0 saturated carbocycles. The highest BCUT2D eigenvalue weighted by atomic mass is 32.1. The van der Waals surface area contributed by atoms with E-state index in [0.29, 0.717) is 6.54 Å². The third kappa shape index (κ3) is 6.56. The molecule has 1 aromatic carbocycles. The van der Waals surface area contributed by atoms with Crippen molar-refractivity contribution in [3.8, 4) is 0 Å². The normalized spacial score (nSPS) is 14.3. The van der Waals surface area contributed by atoms with Crippen molar-refractivity contribution in [2.45, 2.75) is 38.1 Å². The molecule has 0 unspecified atom stereocenters. The predicted molar refractivity (Wildman–Crippen MR) is 118 cm³/mol. The van der Waals surface area contributed by atoms with E-state index in [1.165, 1.54) is 18.4 Å². The van der Waals surface area contributed by atoms with E-state index in [0.717, 1.165) is 29.7 Å². The van der Waals surface area contributed by atoms with Crippen molar-refractivity contribution in [1.82, 2.24) is 16.0 Å². The average molecular weight is 426 g/mol. The van der Waals surface area contributed by atoms with Crippen LogP contribution >= 0.6 is 11.3 Å². The first-order chi connectivity index (χ1) is 14.6. The molecule has 1 heterocycles. The second kappa shape index (κ2) is 11.3. The molecule has 6 nitrogen and oxygen atoms in total. The van der Waals surface area contributed by atoms with Gasteiger partial charge in [0.1, 0.15) is 0 Å². The maximum Gasteiger partial charge on any atom is 0.309 e. The first kappa shape index (κ1) is 21.8. The van der Waals surface area contributed by atoms with Gasteiger partial charge in [-0.2, -0.15) is 0 Å². The highest BCUT2D eigenvalue weighted by molar-refractivity contribution is 7.10. The number of amides is 3. The fourth-order valence-corrected chi connectivity index (χ4v) is 4.22. The zero-order valence-corrected chi connectivity index (χ0v) is 17.7. The Morgan fingerprint density at radius 3 is 2.47 bits per heavy atom. The lowest BCUT2D eigenvalue weighted by molar-refractivity contribution is -0.139. The van der Waals surface area contributed by atoms with Crippen LogP contribution in [0.15, 0.2) is 59.5 Å². The molecule has 30 heavy (non-hydrogen) atoms. The lowest BCUT2D eigenvalue weighted by Gasteiger charge is -2.18. The minimum atomic E-state index is -0.796. The number of hydrogen-bond donors (Lipinski definition) is 3. The molecule has 0 fully saturated rings. The summed E-state index contributed by atoms with van der Waals surface area (Å²) in [5.74, 6) is -1.86. The molecule has 3 amide bonds. The molecule has 1 aliphatic carbocycles. The van der Waals surface area contributed by atoms with Gasteiger partial charge >= 0.3 is 11.8 Å². The zero-order valence-electron chi connectivity index (χ0n) is 16.9. The van der Waals surface area contributed by atoms with E-state index in [4.69, 9.17) is 0 Å². The van der Waals surface area contributed by atoms with E-state index in [1.54, 1.807) is 11.3 Å². The highest BCUT2D eigenvalue weighted by Crippen LogP contribution is 2.25. The van der Waals surface area contributed by atoms with Crippen LogP contribution in [0.3, 0.4) is 0 Å². The van der Waals surface area contributed by atoms with Gasteiger partial charge in [0.05, 0.1) is 12.6 Å². The van der Waals surface area contributed by atoms with Gasteiger partial charge in [0.15, 0.2) is 0 Å². The summed E-state index contributed by atoms with van der Waals surface area (Å²) < 4.78 is 0. The van der Waals surface area contributed by atoms with Crippen molar-refractivity contribution >= 4 is 29.1 Å². The standard InChI is InChI=1S/C23H27N3O3S/c27-20(26-21(19-12-7-15-30-19)18-10-5-2-6-11-18)16-25-23(29)22(28)24-14-13-17-8-3-1-4-9-17/h2,5-8,10-12,15,21H,1,3-4,9,13-14,16H2,(H,24,28)(H,25,29)(H,26,27)/t21-/m1/s1. The lowest BCUT2D eigenvalue weighted by Crippen LogP contribution is -2.45. The monoisotopic (exact) mass is 425 g/mol. The molecule has 2 aromatic rings. The van der Waals surface area contributed by atoms with Crippen LogP contribution in [0.25, 0.3) is 0 Å². The highest BCUT2D eigenvalue weighted by Gasteiger charge is 2.19. The van der Waals surface area contributed by atoms with E-state index < -0.39 is 11.8 Å². The summed E-state index contributed by atoms with van der Waals surface area (Å²) in [7, 11) is 0. The second-order valence-corrected chi connectivity index (χ2v) is 8.20. The van der Waals surface area contributed by atoms with Crippen LogP contribution in [0.5, 0.6) is 0 Å². The Labute approximate surface area is 180 Å². The number of hydrogen-bond acceptors (Lipinski definition) is 4. The van der Waals surface area contributed by atoms with Crippen molar-refractivity contribution in [3.63, 3.8) is 0 Å². The molecule has 7 heteroatoms. The van der Waals surface area contributed by atoms with Crippen molar-refractivity contribution in [2.75, 3.05) is 13.1 Å². The molecule has 0 spiro atoms. The Morgan fingerprint density at radius 2 is 1.77 bits per heavy atom. The van der Waals surface area contributed by atoms with Crippen LogP contribution in [0.1, 0.15) is 48.6 Å². The topological polar surface area (TPSA) is 87.3 Å². The smallest absolute Gasteiger partial charge is 0.309 e. The van der Waals surface area contributed by atoms with Gasteiger partial charge in [-0.3, -0.25) is 14.4 Å². The van der Waals surface area contributed by atoms with Gasteiger partial charge < -0.3 is 16.0 Å². The number of rotatable bonds is 8. The van der Waals surface area contributed by atoms with Gasteiger partial charge in [0, 0.05) is 11.4 Å². The van der Waals surface area contributed by atoms with Crippen LogP contribution in [-0.4, -0.2) is 30.8 Å². The summed E-state index contributed by atoms with van der Waals surface area (Å²) in [5.41, 5.74) is 2.29.